The van der Waals surface area contributed by atoms with Crippen LogP contribution in [0.3, 0.4) is 0 Å². The van der Waals surface area contributed by atoms with E-state index in [0.29, 0.717) is 18.4 Å². The summed E-state index contributed by atoms with van der Waals surface area (Å²) in [7, 11) is 0. The van der Waals surface area contributed by atoms with E-state index in [1.807, 2.05) is 13.8 Å². The Morgan fingerprint density at radius 1 is 1.47 bits per heavy atom. The van der Waals surface area contributed by atoms with Crippen molar-refractivity contribution in [2.45, 2.75) is 32.7 Å². The van der Waals surface area contributed by atoms with Crippen molar-refractivity contribution in [2.24, 2.45) is 0 Å². The van der Waals surface area contributed by atoms with Gasteiger partial charge in [0.05, 0.1) is 17.7 Å². The lowest BCUT2D eigenvalue weighted by molar-refractivity contribution is 0.0696. The molecule has 1 fully saturated rings. The normalized spacial score (nSPS) is 14.8. The van der Waals surface area contributed by atoms with Crippen molar-refractivity contribution in [3.8, 4) is 5.75 Å². The minimum absolute atomic E-state index is 0.288. The summed E-state index contributed by atoms with van der Waals surface area (Å²) in [5.41, 5.74) is 2.40. The van der Waals surface area contributed by atoms with Crippen LogP contribution in [0.4, 0.5) is 0 Å². The van der Waals surface area contributed by atoms with Crippen LogP contribution in [-0.2, 0) is 0 Å². The highest BCUT2D eigenvalue weighted by Crippen LogP contribution is 2.41. The molecule has 0 amide bonds. The summed E-state index contributed by atoms with van der Waals surface area (Å²) in [6.45, 7) is 4.49. The van der Waals surface area contributed by atoms with Gasteiger partial charge in [-0.2, -0.15) is 0 Å². The van der Waals surface area contributed by atoms with E-state index >= 15 is 0 Å². The van der Waals surface area contributed by atoms with E-state index in [1.54, 1.807) is 12.1 Å². The third-order valence-corrected chi connectivity index (χ3v) is 3.57. The molecule has 0 bridgehead atoms. The molecule has 0 aliphatic heterocycles. The first-order valence-electron chi connectivity index (χ1n) is 6.63. The molecule has 0 spiro atoms. The molecule has 1 N–H and O–H groups in total. The SMILES string of the molecule is CCOc1cc(C(=O)O)cc2c1c(C)cn2C1CC1. The molecular formula is C15H17NO3. The Hall–Kier alpha value is -1.97. The molecule has 100 valence electrons. The summed E-state index contributed by atoms with van der Waals surface area (Å²) in [4.78, 5) is 11.2. The van der Waals surface area contributed by atoms with Crippen LogP contribution in [0.2, 0.25) is 0 Å². The Kier molecular flexibility index (Phi) is 2.73. The summed E-state index contributed by atoms with van der Waals surface area (Å²) >= 11 is 0. The number of fused-ring (bicyclic) bond motifs is 1. The largest absolute Gasteiger partial charge is 0.493 e. The summed E-state index contributed by atoms with van der Waals surface area (Å²) in [6.07, 6.45) is 4.45. The van der Waals surface area contributed by atoms with Gasteiger partial charge in [-0.15, -0.1) is 0 Å². The number of nitrogens with zero attached hydrogens (tertiary/aromatic N) is 1. The molecule has 1 heterocycles. The topological polar surface area (TPSA) is 51.5 Å². The van der Waals surface area contributed by atoms with E-state index in [1.165, 1.54) is 12.8 Å². The second-order valence-corrected chi connectivity index (χ2v) is 5.06. The number of aryl methyl sites for hydroxylation is 1. The lowest BCUT2D eigenvalue weighted by Gasteiger charge is -2.09. The lowest BCUT2D eigenvalue weighted by Crippen LogP contribution is -2.01. The molecule has 0 atom stereocenters. The van der Waals surface area contributed by atoms with Gasteiger partial charge in [-0.1, -0.05) is 0 Å². The third-order valence-electron chi connectivity index (χ3n) is 3.57. The minimum Gasteiger partial charge on any atom is -0.493 e. The predicted molar refractivity (Wildman–Crippen MR) is 73.1 cm³/mol. The average Bonchev–Trinajstić information content (AvgIpc) is 3.15. The summed E-state index contributed by atoms with van der Waals surface area (Å²) in [5, 5.41) is 10.3. The average molecular weight is 259 g/mol. The molecule has 0 radical (unpaired) electrons. The number of aromatic carboxylic acids is 1. The van der Waals surface area contributed by atoms with E-state index in [2.05, 4.69) is 10.8 Å². The Morgan fingerprint density at radius 2 is 2.21 bits per heavy atom. The summed E-state index contributed by atoms with van der Waals surface area (Å²) in [6, 6.07) is 3.90. The first kappa shape index (κ1) is 12.1. The molecule has 1 saturated carbocycles. The molecule has 19 heavy (non-hydrogen) atoms. The van der Waals surface area contributed by atoms with E-state index in [-0.39, 0.29) is 5.56 Å². The fourth-order valence-electron chi connectivity index (χ4n) is 2.59. The molecule has 1 aliphatic rings. The van der Waals surface area contributed by atoms with Crippen molar-refractivity contribution in [1.82, 2.24) is 4.57 Å². The van der Waals surface area contributed by atoms with E-state index in [4.69, 9.17) is 4.74 Å². The van der Waals surface area contributed by atoms with Crippen molar-refractivity contribution in [2.75, 3.05) is 6.61 Å². The number of hydrogen-bond acceptors (Lipinski definition) is 2. The first-order valence-corrected chi connectivity index (χ1v) is 6.63. The van der Waals surface area contributed by atoms with Gasteiger partial charge in [0.15, 0.2) is 0 Å². The van der Waals surface area contributed by atoms with Crippen LogP contribution in [0.15, 0.2) is 18.3 Å². The molecule has 0 unspecified atom stereocenters. The number of benzene rings is 1. The smallest absolute Gasteiger partial charge is 0.335 e. The Balaban J connectivity index is 2.28. The van der Waals surface area contributed by atoms with Gasteiger partial charge in [-0.05, 0) is 44.4 Å². The second kappa shape index (κ2) is 4.30. The number of rotatable bonds is 4. The summed E-state index contributed by atoms with van der Waals surface area (Å²) in [5.74, 6) is -0.238. The van der Waals surface area contributed by atoms with Crippen molar-refractivity contribution >= 4 is 16.9 Å². The van der Waals surface area contributed by atoms with Gasteiger partial charge < -0.3 is 14.4 Å². The van der Waals surface area contributed by atoms with Gasteiger partial charge in [0.1, 0.15) is 5.75 Å². The fraction of sp³-hybridized carbons (Fsp3) is 0.400. The Labute approximate surface area is 111 Å². The highest BCUT2D eigenvalue weighted by Gasteiger charge is 2.26. The van der Waals surface area contributed by atoms with Crippen LogP contribution >= 0.6 is 0 Å². The minimum atomic E-state index is -0.913. The Morgan fingerprint density at radius 3 is 2.79 bits per heavy atom. The zero-order valence-electron chi connectivity index (χ0n) is 11.1. The van der Waals surface area contributed by atoms with E-state index in [9.17, 15) is 9.90 Å². The molecule has 1 aromatic heterocycles. The predicted octanol–water partition coefficient (Wildman–Crippen LogP) is 3.38. The lowest BCUT2D eigenvalue weighted by atomic mass is 10.1. The maximum atomic E-state index is 11.2. The monoisotopic (exact) mass is 259 g/mol. The molecule has 0 saturated heterocycles. The molecule has 2 aromatic rings. The van der Waals surface area contributed by atoms with E-state index in [0.717, 1.165) is 16.5 Å². The standard InChI is InChI=1S/C15H17NO3/c1-3-19-13-7-10(15(17)18)6-12-14(13)9(2)8-16(12)11-4-5-11/h6-8,11H,3-5H2,1-2H3,(H,17,18). The van der Waals surface area contributed by atoms with Gasteiger partial charge in [0, 0.05) is 17.6 Å². The molecule has 1 aromatic carbocycles. The van der Waals surface area contributed by atoms with Crippen molar-refractivity contribution in [3.63, 3.8) is 0 Å². The van der Waals surface area contributed by atoms with Crippen LogP contribution in [0.5, 0.6) is 5.75 Å². The van der Waals surface area contributed by atoms with Crippen LogP contribution in [0.1, 0.15) is 41.7 Å². The van der Waals surface area contributed by atoms with Crippen molar-refractivity contribution in [1.29, 1.82) is 0 Å². The zero-order chi connectivity index (χ0) is 13.6. The number of ether oxygens (including phenoxy) is 1. The highest BCUT2D eigenvalue weighted by atomic mass is 16.5. The fourth-order valence-corrected chi connectivity index (χ4v) is 2.59. The maximum absolute atomic E-state index is 11.2. The highest BCUT2D eigenvalue weighted by molar-refractivity contribution is 5.98. The Bertz CT molecular complexity index is 653. The van der Waals surface area contributed by atoms with Crippen LogP contribution in [-0.4, -0.2) is 22.2 Å². The van der Waals surface area contributed by atoms with Crippen LogP contribution in [0.25, 0.3) is 10.9 Å². The second-order valence-electron chi connectivity index (χ2n) is 5.06. The number of aromatic nitrogens is 1. The van der Waals surface area contributed by atoms with Crippen molar-refractivity contribution in [3.05, 3.63) is 29.5 Å². The number of carboxylic acid groups (broad SMARTS) is 1. The molecule has 4 nitrogen and oxygen atoms in total. The molecule has 3 rings (SSSR count). The quantitative estimate of drug-likeness (QED) is 0.915. The number of hydrogen-bond donors (Lipinski definition) is 1. The van der Waals surface area contributed by atoms with Gasteiger partial charge in [-0.3, -0.25) is 0 Å². The van der Waals surface area contributed by atoms with Gasteiger partial charge >= 0.3 is 5.97 Å². The zero-order valence-corrected chi connectivity index (χ0v) is 11.1. The number of carbonyl (C=O) groups is 1. The first-order chi connectivity index (χ1) is 9.11. The van der Waals surface area contributed by atoms with Crippen LogP contribution < -0.4 is 4.74 Å². The summed E-state index contributed by atoms with van der Waals surface area (Å²) < 4.78 is 7.82. The molecular weight excluding hydrogens is 242 g/mol. The third kappa shape index (κ3) is 1.97. The van der Waals surface area contributed by atoms with Gasteiger partial charge in [0.25, 0.3) is 0 Å². The van der Waals surface area contributed by atoms with Crippen LogP contribution in [0, 0.1) is 6.92 Å². The molecule has 1 aliphatic carbocycles. The van der Waals surface area contributed by atoms with Gasteiger partial charge in [0.2, 0.25) is 0 Å². The van der Waals surface area contributed by atoms with Crippen molar-refractivity contribution < 1.29 is 14.6 Å². The molecule has 4 heteroatoms. The maximum Gasteiger partial charge on any atom is 0.335 e. The van der Waals surface area contributed by atoms with Gasteiger partial charge in [-0.25, -0.2) is 4.79 Å². The van der Waals surface area contributed by atoms with E-state index < -0.39 is 5.97 Å². The number of carboxylic acids is 1.